The van der Waals surface area contributed by atoms with Crippen LogP contribution in [0, 0.1) is 11.8 Å². The minimum absolute atomic E-state index is 0.0367. The molecule has 0 aliphatic carbocycles. The van der Waals surface area contributed by atoms with Crippen LogP contribution in [-0.2, 0) is 0 Å². The van der Waals surface area contributed by atoms with E-state index in [4.69, 9.17) is 26.1 Å². The topological polar surface area (TPSA) is 92.3 Å². The van der Waals surface area contributed by atoms with Crippen LogP contribution in [0.15, 0.2) is 58.0 Å². The van der Waals surface area contributed by atoms with Gasteiger partial charge < -0.3 is 13.9 Å². The molecule has 0 unspecified atom stereocenters. The molecule has 0 atom stereocenters. The third kappa shape index (κ3) is 3.35. The summed E-state index contributed by atoms with van der Waals surface area (Å²) in [5.41, 5.74) is 1.39. The fourth-order valence-corrected chi connectivity index (χ4v) is 4.39. The van der Waals surface area contributed by atoms with Gasteiger partial charge in [-0.15, -0.1) is 0 Å². The van der Waals surface area contributed by atoms with E-state index in [0.29, 0.717) is 27.9 Å². The highest BCUT2D eigenvalue weighted by Crippen LogP contribution is 2.31. The van der Waals surface area contributed by atoms with E-state index in [-0.39, 0.29) is 15.9 Å². The lowest BCUT2D eigenvalue weighted by Gasteiger charge is -2.07. The molecule has 0 bridgehead atoms. The second-order valence-electron chi connectivity index (χ2n) is 6.51. The van der Waals surface area contributed by atoms with E-state index < -0.39 is 5.56 Å². The highest BCUT2D eigenvalue weighted by atomic mass is 32.1. The molecule has 5 rings (SSSR count). The Hall–Kier alpha value is -3.63. The lowest BCUT2D eigenvalue weighted by atomic mass is 10.3. The first-order valence-corrected chi connectivity index (χ1v) is 10.4. The number of benzene rings is 1. The van der Waals surface area contributed by atoms with Gasteiger partial charge >= 0.3 is 0 Å². The Morgan fingerprint density at radius 2 is 2.00 bits per heavy atom. The maximum absolute atomic E-state index is 13.1. The molecule has 0 aliphatic rings. The smallest absolute Gasteiger partial charge is 0.290 e. The van der Waals surface area contributed by atoms with Gasteiger partial charge in [0.05, 0.1) is 23.0 Å². The first kappa shape index (κ1) is 19.3. The summed E-state index contributed by atoms with van der Waals surface area (Å²) >= 11 is 6.63. The molecule has 8 nitrogen and oxygen atoms in total. The van der Waals surface area contributed by atoms with E-state index in [0.717, 1.165) is 10.4 Å². The molecule has 0 radical (unpaired) electrons. The van der Waals surface area contributed by atoms with Crippen molar-refractivity contribution in [3.05, 3.63) is 69.7 Å². The molecule has 0 aliphatic heterocycles. The van der Waals surface area contributed by atoms with Crippen molar-refractivity contribution in [3.63, 3.8) is 0 Å². The van der Waals surface area contributed by atoms with Crippen molar-refractivity contribution >= 4 is 44.9 Å². The van der Waals surface area contributed by atoms with Crippen molar-refractivity contribution in [3.8, 4) is 22.4 Å². The maximum Gasteiger partial charge on any atom is 0.290 e. The minimum Gasteiger partial charge on any atom is -0.493 e. The van der Waals surface area contributed by atoms with Crippen molar-refractivity contribution in [2.75, 3.05) is 7.11 Å². The molecule has 154 valence electrons. The summed E-state index contributed by atoms with van der Waals surface area (Å²) in [4.78, 5) is 26.0. The Morgan fingerprint density at radius 3 is 2.81 bits per heavy atom. The van der Waals surface area contributed by atoms with Crippen LogP contribution < -0.4 is 15.0 Å². The number of aromatic nitrogens is 4. The molecule has 0 saturated heterocycles. The lowest BCUT2D eigenvalue weighted by molar-refractivity contribution is 0.404. The highest BCUT2D eigenvalue weighted by molar-refractivity contribution is 7.71. The zero-order valence-electron chi connectivity index (χ0n) is 16.4. The summed E-state index contributed by atoms with van der Waals surface area (Å²) < 4.78 is 18.9. The Morgan fingerprint density at radius 1 is 1.13 bits per heavy atom. The van der Waals surface area contributed by atoms with Crippen LogP contribution in [0.5, 0.6) is 17.2 Å². The third-order valence-corrected chi connectivity index (χ3v) is 5.86. The van der Waals surface area contributed by atoms with Crippen molar-refractivity contribution in [2.45, 2.75) is 6.92 Å². The first-order valence-electron chi connectivity index (χ1n) is 9.14. The van der Waals surface area contributed by atoms with Gasteiger partial charge in [-0.05, 0) is 43.4 Å². The van der Waals surface area contributed by atoms with Gasteiger partial charge in [0.25, 0.3) is 10.4 Å². The predicted molar refractivity (Wildman–Crippen MR) is 119 cm³/mol. The monoisotopic (exact) mass is 450 g/mol. The standard InChI is InChI=1S/C21H14N4O4S2/c1-11-14(4-3-8-22-11)28-12-5-6-13-16(10-12)31-20(24-13)25-19(26)17-18(29-21(25)30)15(27-2)7-9-23-17/h3-10H,1-2H3. The number of aryl methyl sites for hydroxylation is 1. The number of nitrogens with zero attached hydrogens (tertiary/aromatic N) is 4. The summed E-state index contributed by atoms with van der Waals surface area (Å²) in [5, 5.41) is 0.384. The molecule has 31 heavy (non-hydrogen) atoms. The SMILES string of the molecule is COc1ccnc2c(=O)n(-c3nc4ccc(Oc5cccnc5C)cc4s3)c(=S)oc12. The number of fused-ring (bicyclic) bond motifs is 2. The summed E-state index contributed by atoms with van der Waals surface area (Å²) in [5.74, 6) is 1.69. The van der Waals surface area contributed by atoms with Gasteiger partial charge in [-0.3, -0.25) is 9.78 Å². The number of methoxy groups -OCH3 is 1. The third-order valence-electron chi connectivity index (χ3n) is 4.59. The van der Waals surface area contributed by atoms with Gasteiger partial charge in [0.1, 0.15) is 11.5 Å². The largest absolute Gasteiger partial charge is 0.493 e. The molecule has 0 N–H and O–H groups in total. The van der Waals surface area contributed by atoms with Gasteiger partial charge in [-0.1, -0.05) is 11.3 Å². The Labute approximate surface area is 184 Å². The second-order valence-corrected chi connectivity index (χ2v) is 7.87. The summed E-state index contributed by atoms with van der Waals surface area (Å²) in [7, 11) is 1.49. The highest BCUT2D eigenvalue weighted by Gasteiger charge is 2.17. The molecule has 5 aromatic rings. The van der Waals surface area contributed by atoms with Crippen LogP contribution in [0.25, 0.3) is 26.4 Å². The second kappa shape index (κ2) is 7.56. The number of pyridine rings is 2. The van der Waals surface area contributed by atoms with Gasteiger partial charge in [0, 0.05) is 24.5 Å². The number of ether oxygens (including phenoxy) is 2. The quantitative estimate of drug-likeness (QED) is 0.360. The molecule has 0 spiro atoms. The fourth-order valence-electron chi connectivity index (χ4n) is 3.09. The molecule has 0 fully saturated rings. The predicted octanol–water partition coefficient (Wildman–Crippen LogP) is 4.82. The van der Waals surface area contributed by atoms with Gasteiger partial charge in [-0.25, -0.2) is 14.5 Å². The van der Waals surface area contributed by atoms with E-state index in [9.17, 15) is 4.79 Å². The van der Waals surface area contributed by atoms with E-state index in [1.165, 1.54) is 29.2 Å². The van der Waals surface area contributed by atoms with Crippen LogP contribution >= 0.6 is 23.6 Å². The normalized spacial score (nSPS) is 11.2. The van der Waals surface area contributed by atoms with Crippen LogP contribution in [0.2, 0.25) is 0 Å². The fraction of sp³-hybridized carbons (Fsp3) is 0.0952. The average Bonchev–Trinajstić information content (AvgIpc) is 3.18. The number of hydrogen-bond acceptors (Lipinski definition) is 9. The van der Waals surface area contributed by atoms with Crippen LogP contribution in [0.4, 0.5) is 0 Å². The molecule has 10 heteroatoms. The zero-order chi connectivity index (χ0) is 21.5. The first-order chi connectivity index (χ1) is 15.0. The molecule has 4 heterocycles. The Bertz CT molecular complexity index is 1570. The molecular weight excluding hydrogens is 436 g/mol. The summed E-state index contributed by atoms with van der Waals surface area (Å²) in [6.45, 7) is 1.88. The zero-order valence-corrected chi connectivity index (χ0v) is 18.0. The summed E-state index contributed by atoms with van der Waals surface area (Å²) in [6.07, 6.45) is 3.19. The number of thiazole rings is 1. The van der Waals surface area contributed by atoms with Crippen molar-refractivity contribution in [1.29, 1.82) is 0 Å². The molecule has 4 aromatic heterocycles. The molecule has 1 aromatic carbocycles. The van der Waals surface area contributed by atoms with Crippen LogP contribution in [0.3, 0.4) is 0 Å². The lowest BCUT2D eigenvalue weighted by Crippen LogP contribution is -2.20. The van der Waals surface area contributed by atoms with Crippen LogP contribution in [0.1, 0.15) is 5.69 Å². The Kier molecular flexibility index (Phi) is 4.72. The van der Waals surface area contributed by atoms with E-state index in [1.54, 1.807) is 12.3 Å². The van der Waals surface area contributed by atoms with E-state index >= 15 is 0 Å². The molecular formula is C21H14N4O4S2. The molecule has 0 amide bonds. The van der Waals surface area contributed by atoms with Crippen LogP contribution in [-0.4, -0.2) is 26.6 Å². The Balaban J connectivity index is 1.61. The van der Waals surface area contributed by atoms with E-state index in [1.807, 2.05) is 37.3 Å². The number of hydrogen-bond donors (Lipinski definition) is 0. The molecule has 0 saturated carbocycles. The maximum atomic E-state index is 13.1. The minimum atomic E-state index is -0.424. The van der Waals surface area contributed by atoms with Crippen molar-refractivity contribution in [2.24, 2.45) is 0 Å². The van der Waals surface area contributed by atoms with Gasteiger partial charge in [0.15, 0.2) is 11.3 Å². The summed E-state index contributed by atoms with van der Waals surface area (Å²) in [6, 6.07) is 10.8. The van der Waals surface area contributed by atoms with Crippen molar-refractivity contribution < 1.29 is 13.9 Å². The van der Waals surface area contributed by atoms with Gasteiger partial charge in [-0.2, -0.15) is 0 Å². The number of rotatable bonds is 4. The van der Waals surface area contributed by atoms with Crippen molar-refractivity contribution in [1.82, 2.24) is 19.5 Å². The van der Waals surface area contributed by atoms with E-state index in [2.05, 4.69) is 15.0 Å². The van der Waals surface area contributed by atoms with Gasteiger partial charge in [0.2, 0.25) is 10.7 Å². The average molecular weight is 451 g/mol.